The number of nitrogens with zero attached hydrogens (tertiary/aromatic N) is 1. The van der Waals surface area contributed by atoms with Crippen LogP contribution < -0.4 is 10.2 Å². The fourth-order valence-electron chi connectivity index (χ4n) is 3.08. The summed E-state index contributed by atoms with van der Waals surface area (Å²) in [5.41, 5.74) is 2.59. The summed E-state index contributed by atoms with van der Waals surface area (Å²) in [6.45, 7) is 1.19. The van der Waals surface area contributed by atoms with Crippen LogP contribution in [0.2, 0.25) is 0 Å². The maximum absolute atomic E-state index is 12.2. The van der Waals surface area contributed by atoms with Crippen molar-refractivity contribution in [2.75, 3.05) is 11.4 Å². The fraction of sp³-hybridized carbons (Fsp3) is 0.200. The maximum atomic E-state index is 12.2. The van der Waals surface area contributed by atoms with Gasteiger partial charge in [-0.15, -0.1) is 0 Å². The smallest absolute Gasteiger partial charge is 0.287 e. The first-order valence-electron chi connectivity index (χ1n) is 8.37. The monoisotopic (exact) mass is 334 g/mol. The van der Waals surface area contributed by atoms with E-state index in [4.69, 9.17) is 4.42 Å². The Morgan fingerprint density at radius 3 is 2.64 bits per heavy atom. The summed E-state index contributed by atoms with van der Waals surface area (Å²) >= 11 is 0. The first kappa shape index (κ1) is 15.4. The van der Waals surface area contributed by atoms with Gasteiger partial charge in [-0.3, -0.25) is 9.59 Å². The summed E-state index contributed by atoms with van der Waals surface area (Å²) in [4.78, 5) is 25.8. The van der Waals surface area contributed by atoms with Gasteiger partial charge in [0.05, 0.1) is 0 Å². The second-order valence-electron chi connectivity index (χ2n) is 6.15. The highest BCUT2D eigenvalue weighted by atomic mass is 16.3. The summed E-state index contributed by atoms with van der Waals surface area (Å²) in [5, 5.41) is 3.77. The van der Waals surface area contributed by atoms with Crippen LogP contribution in [0.4, 0.5) is 5.69 Å². The van der Waals surface area contributed by atoms with Gasteiger partial charge in [-0.1, -0.05) is 30.3 Å². The molecule has 5 heteroatoms. The Morgan fingerprint density at radius 1 is 1.12 bits per heavy atom. The van der Waals surface area contributed by atoms with Gasteiger partial charge in [0.15, 0.2) is 5.76 Å². The Bertz CT molecular complexity index is 895. The van der Waals surface area contributed by atoms with Crippen LogP contribution in [0.5, 0.6) is 0 Å². The van der Waals surface area contributed by atoms with Crippen molar-refractivity contribution >= 4 is 28.5 Å². The van der Waals surface area contributed by atoms with Gasteiger partial charge < -0.3 is 14.6 Å². The van der Waals surface area contributed by atoms with E-state index in [9.17, 15) is 9.59 Å². The van der Waals surface area contributed by atoms with E-state index in [1.54, 1.807) is 11.0 Å². The number of fused-ring (bicyclic) bond motifs is 1. The summed E-state index contributed by atoms with van der Waals surface area (Å²) in [6, 6.07) is 17.0. The van der Waals surface area contributed by atoms with Crippen LogP contribution in [0.25, 0.3) is 11.0 Å². The van der Waals surface area contributed by atoms with E-state index in [1.165, 1.54) is 0 Å². The number of carbonyl (C=O) groups is 2. The molecule has 1 N–H and O–H groups in total. The van der Waals surface area contributed by atoms with Crippen LogP contribution in [0.3, 0.4) is 0 Å². The molecule has 2 aromatic carbocycles. The van der Waals surface area contributed by atoms with Crippen LogP contribution in [-0.4, -0.2) is 18.4 Å². The molecule has 2 amide bonds. The molecule has 1 fully saturated rings. The average Bonchev–Trinajstić information content (AvgIpc) is 3.26. The number of furan rings is 1. The lowest BCUT2D eigenvalue weighted by Gasteiger charge is -2.16. The minimum absolute atomic E-state index is 0.172. The lowest BCUT2D eigenvalue weighted by molar-refractivity contribution is -0.117. The van der Waals surface area contributed by atoms with Gasteiger partial charge in [0, 0.05) is 30.6 Å². The molecule has 1 aliphatic heterocycles. The number of nitrogens with one attached hydrogen (secondary N) is 1. The van der Waals surface area contributed by atoms with Gasteiger partial charge in [-0.2, -0.15) is 0 Å². The zero-order valence-corrected chi connectivity index (χ0v) is 13.7. The lowest BCUT2D eigenvalue weighted by Crippen LogP contribution is -2.24. The molecule has 5 nitrogen and oxygen atoms in total. The van der Waals surface area contributed by atoms with E-state index < -0.39 is 0 Å². The maximum Gasteiger partial charge on any atom is 0.287 e. The summed E-state index contributed by atoms with van der Waals surface area (Å²) in [7, 11) is 0. The SMILES string of the molecule is O=C(NCc1ccc(N2CCCC2=O)cc1)c1cc2ccccc2o1. The Labute approximate surface area is 145 Å². The summed E-state index contributed by atoms with van der Waals surface area (Å²) in [5.74, 6) is 0.237. The van der Waals surface area contributed by atoms with Crippen molar-refractivity contribution in [1.29, 1.82) is 0 Å². The molecule has 3 aromatic rings. The Hall–Kier alpha value is -3.08. The molecule has 1 aromatic heterocycles. The molecule has 0 unspecified atom stereocenters. The fourth-order valence-corrected chi connectivity index (χ4v) is 3.08. The van der Waals surface area contributed by atoms with Crippen molar-refractivity contribution in [3.8, 4) is 0 Å². The van der Waals surface area contributed by atoms with Crippen molar-refractivity contribution in [1.82, 2.24) is 5.32 Å². The number of hydrogen-bond donors (Lipinski definition) is 1. The van der Waals surface area contributed by atoms with Crippen LogP contribution in [0, 0.1) is 0 Å². The second-order valence-corrected chi connectivity index (χ2v) is 6.15. The molecule has 0 spiro atoms. The van der Waals surface area contributed by atoms with E-state index in [0.29, 0.717) is 24.3 Å². The Morgan fingerprint density at radius 2 is 1.92 bits per heavy atom. The first-order valence-corrected chi connectivity index (χ1v) is 8.37. The highest BCUT2D eigenvalue weighted by Gasteiger charge is 2.21. The molecule has 0 aliphatic carbocycles. The molecule has 126 valence electrons. The minimum atomic E-state index is -0.241. The van der Waals surface area contributed by atoms with Gasteiger partial charge in [0.2, 0.25) is 5.91 Å². The summed E-state index contributed by atoms with van der Waals surface area (Å²) in [6.07, 6.45) is 1.53. The zero-order chi connectivity index (χ0) is 17.2. The van der Waals surface area contributed by atoms with Crippen molar-refractivity contribution in [3.05, 3.63) is 65.9 Å². The first-order chi connectivity index (χ1) is 12.2. The molecule has 0 bridgehead atoms. The predicted octanol–water partition coefficient (Wildman–Crippen LogP) is 3.49. The molecule has 0 saturated carbocycles. The third-order valence-corrected chi connectivity index (χ3v) is 4.42. The van der Waals surface area contributed by atoms with Crippen molar-refractivity contribution in [3.63, 3.8) is 0 Å². The van der Waals surface area contributed by atoms with Gasteiger partial charge in [-0.25, -0.2) is 0 Å². The quantitative estimate of drug-likeness (QED) is 0.794. The van der Waals surface area contributed by atoms with E-state index in [-0.39, 0.29) is 11.8 Å². The number of anilines is 1. The number of rotatable bonds is 4. The molecule has 0 radical (unpaired) electrons. The third kappa shape index (κ3) is 3.13. The highest BCUT2D eigenvalue weighted by Crippen LogP contribution is 2.22. The topological polar surface area (TPSA) is 62.6 Å². The molecular formula is C20H18N2O3. The van der Waals surface area contributed by atoms with E-state index in [1.807, 2.05) is 48.5 Å². The number of para-hydroxylation sites is 1. The van der Waals surface area contributed by atoms with Crippen LogP contribution in [-0.2, 0) is 11.3 Å². The lowest BCUT2D eigenvalue weighted by atomic mass is 10.2. The predicted molar refractivity (Wildman–Crippen MR) is 95.4 cm³/mol. The Kier molecular flexibility index (Phi) is 3.98. The van der Waals surface area contributed by atoms with Crippen LogP contribution >= 0.6 is 0 Å². The number of carbonyl (C=O) groups excluding carboxylic acids is 2. The Balaban J connectivity index is 1.40. The molecule has 0 atom stereocenters. The second kappa shape index (κ2) is 6.43. The van der Waals surface area contributed by atoms with Gasteiger partial charge in [0.1, 0.15) is 5.58 Å². The third-order valence-electron chi connectivity index (χ3n) is 4.42. The van der Waals surface area contributed by atoms with Gasteiger partial charge >= 0.3 is 0 Å². The van der Waals surface area contributed by atoms with Gasteiger partial charge in [-0.05, 0) is 36.2 Å². The van der Waals surface area contributed by atoms with E-state index in [2.05, 4.69) is 5.32 Å². The van der Waals surface area contributed by atoms with Crippen LogP contribution in [0.1, 0.15) is 29.0 Å². The van der Waals surface area contributed by atoms with E-state index in [0.717, 1.165) is 29.6 Å². The van der Waals surface area contributed by atoms with Crippen molar-refractivity contribution in [2.24, 2.45) is 0 Å². The van der Waals surface area contributed by atoms with Crippen LogP contribution in [0.15, 0.2) is 59.0 Å². The standard InChI is InChI=1S/C20H18N2O3/c23-19-6-3-11-22(19)16-9-7-14(8-10-16)13-21-20(24)18-12-15-4-1-2-5-17(15)25-18/h1-2,4-5,7-10,12H,3,6,11,13H2,(H,21,24). The van der Waals surface area contributed by atoms with Gasteiger partial charge in [0.25, 0.3) is 5.91 Å². The molecule has 1 aliphatic rings. The van der Waals surface area contributed by atoms with Crippen molar-refractivity contribution in [2.45, 2.75) is 19.4 Å². The summed E-state index contributed by atoms with van der Waals surface area (Å²) < 4.78 is 5.56. The van der Waals surface area contributed by atoms with E-state index >= 15 is 0 Å². The number of benzene rings is 2. The molecule has 25 heavy (non-hydrogen) atoms. The largest absolute Gasteiger partial charge is 0.451 e. The molecule has 4 rings (SSSR count). The number of hydrogen-bond acceptors (Lipinski definition) is 3. The highest BCUT2D eigenvalue weighted by molar-refractivity contribution is 5.96. The molecule has 2 heterocycles. The van der Waals surface area contributed by atoms with Crippen molar-refractivity contribution < 1.29 is 14.0 Å². The molecule has 1 saturated heterocycles. The minimum Gasteiger partial charge on any atom is -0.451 e. The zero-order valence-electron chi connectivity index (χ0n) is 13.7. The molecular weight excluding hydrogens is 316 g/mol. The average molecular weight is 334 g/mol. The number of amides is 2. The normalized spacial score (nSPS) is 14.2.